The number of nitrogens with one attached hydrogen (secondary N) is 1. The van der Waals surface area contributed by atoms with Crippen LogP contribution in [0.5, 0.6) is 0 Å². The molecular weight excluding hydrogens is 287 g/mol. The Morgan fingerprint density at radius 3 is 2.67 bits per heavy atom. The van der Waals surface area contributed by atoms with Crippen molar-refractivity contribution in [3.05, 3.63) is 28.8 Å². The van der Waals surface area contributed by atoms with E-state index in [0.717, 1.165) is 0 Å². The first-order valence-electron chi connectivity index (χ1n) is 5.05. The maximum Gasteiger partial charge on any atom is 0.391 e. The highest BCUT2D eigenvalue weighted by Crippen LogP contribution is 2.23. The Balaban J connectivity index is 2.74. The number of benzene rings is 1. The average Bonchev–Trinajstić information content (AvgIpc) is 2.18. The maximum absolute atomic E-state index is 12.1. The summed E-state index contributed by atoms with van der Waals surface area (Å²) in [5.74, 6) is -0.646. The van der Waals surface area contributed by atoms with Gasteiger partial charge in [0.2, 0.25) is 0 Å². The molecule has 0 heterocycles. The third-order valence-electron chi connectivity index (χ3n) is 2.11. The normalized spacial score (nSPS) is 13.2. The Hall–Kier alpha value is -0.880. The van der Waals surface area contributed by atoms with Crippen molar-refractivity contribution in [3.8, 4) is 0 Å². The van der Waals surface area contributed by atoms with Gasteiger partial charge in [0.1, 0.15) is 0 Å². The van der Waals surface area contributed by atoms with Gasteiger partial charge in [-0.3, -0.25) is 4.79 Å². The molecule has 100 valence electrons. The molecule has 0 aliphatic carbocycles. The number of hydrogen-bond donors (Lipinski definition) is 2. The van der Waals surface area contributed by atoms with E-state index in [2.05, 4.69) is 17.9 Å². The number of hydrogen-bond acceptors (Lipinski definition) is 2. The average molecular weight is 298 g/mol. The van der Waals surface area contributed by atoms with Gasteiger partial charge in [-0.25, -0.2) is 0 Å². The largest absolute Gasteiger partial charge is 0.391 e. The van der Waals surface area contributed by atoms with Crippen LogP contribution in [-0.2, 0) is 0 Å². The van der Waals surface area contributed by atoms with Gasteiger partial charge in [-0.2, -0.15) is 13.2 Å². The van der Waals surface area contributed by atoms with Crippen molar-refractivity contribution < 1.29 is 18.0 Å². The van der Waals surface area contributed by atoms with Crippen LogP contribution in [0, 0.1) is 0 Å². The SMILES string of the molecule is CC(CC(F)(F)F)NC(=O)c1cc(S)ccc1Cl. The number of thiol groups is 1. The van der Waals surface area contributed by atoms with Crippen LogP contribution in [-0.4, -0.2) is 18.1 Å². The van der Waals surface area contributed by atoms with E-state index in [9.17, 15) is 18.0 Å². The van der Waals surface area contributed by atoms with E-state index in [4.69, 9.17) is 11.6 Å². The first-order chi connectivity index (χ1) is 8.19. The zero-order valence-electron chi connectivity index (χ0n) is 9.38. The highest BCUT2D eigenvalue weighted by molar-refractivity contribution is 7.80. The molecule has 18 heavy (non-hydrogen) atoms. The van der Waals surface area contributed by atoms with Crippen LogP contribution in [0.25, 0.3) is 0 Å². The molecule has 0 radical (unpaired) electrons. The van der Waals surface area contributed by atoms with Crippen LogP contribution in [0.1, 0.15) is 23.7 Å². The maximum atomic E-state index is 12.1. The highest BCUT2D eigenvalue weighted by atomic mass is 35.5. The lowest BCUT2D eigenvalue weighted by atomic mass is 10.1. The predicted molar refractivity (Wildman–Crippen MR) is 66.3 cm³/mol. The zero-order valence-corrected chi connectivity index (χ0v) is 11.0. The molecule has 0 fully saturated rings. The minimum Gasteiger partial charge on any atom is -0.349 e. The van der Waals surface area contributed by atoms with Gasteiger partial charge in [0.25, 0.3) is 5.91 Å². The van der Waals surface area contributed by atoms with Crippen molar-refractivity contribution in [1.82, 2.24) is 5.32 Å². The summed E-state index contributed by atoms with van der Waals surface area (Å²) in [6.45, 7) is 1.28. The number of alkyl halides is 3. The third-order valence-corrected chi connectivity index (χ3v) is 2.72. The second kappa shape index (κ2) is 5.84. The van der Waals surface area contributed by atoms with Crippen LogP contribution in [0.4, 0.5) is 13.2 Å². The minimum atomic E-state index is -4.32. The van der Waals surface area contributed by atoms with E-state index in [1.165, 1.54) is 19.1 Å². The summed E-state index contributed by atoms with van der Waals surface area (Å²) in [6, 6.07) is 3.44. The Morgan fingerprint density at radius 2 is 2.11 bits per heavy atom. The van der Waals surface area contributed by atoms with Crippen molar-refractivity contribution in [3.63, 3.8) is 0 Å². The van der Waals surface area contributed by atoms with Gasteiger partial charge in [-0.1, -0.05) is 11.6 Å². The number of rotatable bonds is 3. The molecule has 1 aromatic carbocycles. The Labute approximate surface area is 113 Å². The summed E-state index contributed by atoms with van der Waals surface area (Å²) >= 11 is 9.83. The van der Waals surface area contributed by atoms with Crippen molar-refractivity contribution in [2.24, 2.45) is 0 Å². The smallest absolute Gasteiger partial charge is 0.349 e. The van der Waals surface area contributed by atoms with E-state index >= 15 is 0 Å². The van der Waals surface area contributed by atoms with Crippen molar-refractivity contribution in [1.29, 1.82) is 0 Å². The van der Waals surface area contributed by atoms with Crippen LogP contribution in [0.2, 0.25) is 5.02 Å². The first-order valence-corrected chi connectivity index (χ1v) is 5.87. The van der Waals surface area contributed by atoms with Crippen molar-refractivity contribution >= 4 is 30.1 Å². The lowest BCUT2D eigenvalue weighted by Gasteiger charge is -2.16. The molecule has 2 nitrogen and oxygen atoms in total. The molecule has 1 rings (SSSR count). The number of carbonyl (C=O) groups is 1. The van der Waals surface area contributed by atoms with Gasteiger partial charge in [-0.15, -0.1) is 12.6 Å². The molecule has 1 unspecified atom stereocenters. The molecule has 1 atom stereocenters. The molecule has 1 aromatic rings. The first kappa shape index (κ1) is 15.2. The Bertz CT molecular complexity index is 450. The van der Waals surface area contributed by atoms with Crippen LogP contribution in [0.15, 0.2) is 23.1 Å². The summed E-state index contributed by atoms with van der Waals surface area (Å²) < 4.78 is 36.3. The quantitative estimate of drug-likeness (QED) is 0.819. The van der Waals surface area contributed by atoms with E-state index < -0.39 is 24.5 Å². The van der Waals surface area contributed by atoms with E-state index in [0.29, 0.717) is 4.90 Å². The number of halogens is 4. The highest BCUT2D eigenvalue weighted by Gasteiger charge is 2.30. The molecule has 0 spiro atoms. The molecule has 0 bridgehead atoms. The second-order valence-electron chi connectivity index (χ2n) is 3.86. The predicted octanol–water partition coefficient (Wildman–Crippen LogP) is 3.70. The van der Waals surface area contributed by atoms with Gasteiger partial charge in [-0.05, 0) is 25.1 Å². The fourth-order valence-electron chi connectivity index (χ4n) is 1.39. The van der Waals surface area contributed by atoms with Gasteiger partial charge < -0.3 is 5.32 Å². The van der Waals surface area contributed by atoms with Crippen LogP contribution >= 0.6 is 24.2 Å². The van der Waals surface area contributed by atoms with Crippen LogP contribution in [0.3, 0.4) is 0 Å². The topological polar surface area (TPSA) is 29.1 Å². The number of amides is 1. The fourth-order valence-corrected chi connectivity index (χ4v) is 1.79. The van der Waals surface area contributed by atoms with E-state index in [1.807, 2.05) is 0 Å². The summed E-state index contributed by atoms with van der Waals surface area (Å²) in [5.41, 5.74) is 0.109. The van der Waals surface area contributed by atoms with Crippen molar-refractivity contribution in [2.45, 2.75) is 30.5 Å². The zero-order chi connectivity index (χ0) is 13.9. The van der Waals surface area contributed by atoms with E-state index in [1.54, 1.807) is 6.07 Å². The monoisotopic (exact) mass is 297 g/mol. The lowest BCUT2D eigenvalue weighted by Crippen LogP contribution is -2.36. The number of carbonyl (C=O) groups excluding carboxylic acids is 1. The molecular formula is C11H11ClF3NOS. The van der Waals surface area contributed by atoms with Gasteiger partial charge >= 0.3 is 6.18 Å². The summed E-state index contributed by atoms with van der Waals surface area (Å²) in [7, 11) is 0. The minimum absolute atomic E-state index is 0.109. The summed E-state index contributed by atoms with van der Waals surface area (Å²) in [5, 5.41) is 2.41. The van der Waals surface area contributed by atoms with Gasteiger partial charge in [0.15, 0.2) is 0 Å². The van der Waals surface area contributed by atoms with Gasteiger partial charge in [0, 0.05) is 10.9 Å². The Morgan fingerprint density at radius 1 is 1.50 bits per heavy atom. The molecule has 0 aromatic heterocycles. The summed E-state index contributed by atoms with van der Waals surface area (Å²) in [4.78, 5) is 12.2. The fraction of sp³-hybridized carbons (Fsp3) is 0.364. The van der Waals surface area contributed by atoms with Crippen LogP contribution < -0.4 is 5.32 Å². The van der Waals surface area contributed by atoms with Gasteiger partial charge in [0.05, 0.1) is 17.0 Å². The molecule has 0 saturated carbocycles. The molecule has 0 aliphatic rings. The second-order valence-corrected chi connectivity index (χ2v) is 4.78. The molecule has 1 N–H and O–H groups in total. The Kier molecular flexibility index (Phi) is 4.92. The summed E-state index contributed by atoms with van der Waals surface area (Å²) in [6.07, 6.45) is -5.40. The molecule has 7 heteroatoms. The lowest BCUT2D eigenvalue weighted by molar-refractivity contribution is -0.138. The molecule has 1 amide bonds. The molecule has 0 saturated heterocycles. The van der Waals surface area contributed by atoms with Crippen molar-refractivity contribution in [2.75, 3.05) is 0 Å². The molecule has 0 aliphatic heterocycles. The standard InChI is InChI=1S/C11H11ClF3NOS/c1-6(5-11(13,14)15)16-10(17)8-4-7(18)2-3-9(8)12/h2-4,6,18H,5H2,1H3,(H,16,17). The van der Waals surface area contributed by atoms with E-state index in [-0.39, 0.29) is 10.6 Å². The third kappa shape index (κ3) is 4.78.